The van der Waals surface area contributed by atoms with Crippen molar-refractivity contribution in [3.8, 4) is 5.75 Å². The largest absolute Gasteiger partial charge is 0.447 e. The highest BCUT2D eigenvalue weighted by atomic mass is 19.3. The summed E-state index contributed by atoms with van der Waals surface area (Å²) < 4.78 is 34.2. The molecule has 0 aliphatic carbocycles. The van der Waals surface area contributed by atoms with Crippen LogP contribution in [0.2, 0.25) is 0 Å². The van der Waals surface area contributed by atoms with Crippen molar-refractivity contribution in [2.24, 2.45) is 0 Å². The molecule has 134 valence electrons. The fraction of sp³-hybridized carbons (Fsp3) is 0.158. The van der Waals surface area contributed by atoms with Gasteiger partial charge in [-0.15, -0.1) is 0 Å². The monoisotopic (exact) mass is 359 g/mol. The van der Waals surface area contributed by atoms with Crippen molar-refractivity contribution in [1.29, 1.82) is 0 Å². The van der Waals surface area contributed by atoms with Crippen LogP contribution in [-0.4, -0.2) is 31.6 Å². The third-order valence-corrected chi connectivity index (χ3v) is 3.75. The molecule has 1 heterocycles. The summed E-state index contributed by atoms with van der Waals surface area (Å²) in [5, 5.41) is 0. The molecular formula is C19H15F2NO4. The Balaban J connectivity index is 1.78. The van der Waals surface area contributed by atoms with Crippen LogP contribution in [0.5, 0.6) is 5.75 Å². The second kappa shape index (κ2) is 7.77. The quantitative estimate of drug-likeness (QED) is 0.575. The smallest absolute Gasteiger partial charge is 0.414 e. The fourth-order valence-electron chi connectivity index (χ4n) is 2.54. The predicted molar refractivity (Wildman–Crippen MR) is 91.6 cm³/mol. The molecular weight excluding hydrogens is 344 g/mol. The molecule has 0 bridgehead atoms. The summed E-state index contributed by atoms with van der Waals surface area (Å²) in [4.78, 5) is 25.4. The summed E-state index contributed by atoms with van der Waals surface area (Å²) in [5.41, 5.74) is 1.29. The first-order valence-electron chi connectivity index (χ1n) is 7.85. The molecule has 2 aromatic rings. The van der Waals surface area contributed by atoms with Gasteiger partial charge in [0.05, 0.1) is 6.54 Å². The molecule has 0 atom stereocenters. The third kappa shape index (κ3) is 4.05. The lowest BCUT2D eigenvalue weighted by molar-refractivity contribution is -0.0499. The lowest BCUT2D eigenvalue weighted by atomic mass is 10.1. The van der Waals surface area contributed by atoms with Crippen LogP contribution in [0.1, 0.15) is 15.9 Å². The summed E-state index contributed by atoms with van der Waals surface area (Å²) in [6.07, 6.45) is 2.23. The van der Waals surface area contributed by atoms with Gasteiger partial charge in [-0.05, 0) is 30.4 Å². The van der Waals surface area contributed by atoms with Crippen molar-refractivity contribution in [3.05, 3.63) is 65.7 Å². The maximum Gasteiger partial charge on any atom is 0.414 e. The van der Waals surface area contributed by atoms with Crippen molar-refractivity contribution >= 4 is 23.6 Å². The number of halogens is 2. The Labute approximate surface area is 148 Å². The van der Waals surface area contributed by atoms with Gasteiger partial charge < -0.3 is 9.47 Å². The number of cyclic esters (lactones) is 1. The molecule has 0 saturated carbocycles. The van der Waals surface area contributed by atoms with E-state index in [9.17, 15) is 18.4 Å². The molecule has 1 aliphatic heterocycles. The van der Waals surface area contributed by atoms with Gasteiger partial charge in [-0.3, -0.25) is 9.69 Å². The topological polar surface area (TPSA) is 55.8 Å². The van der Waals surface area contributed by atoms with E-state index in [1.54, 1.807) is 42.5 Å². The lowest BCUT2D eigenvalue weighted by Crippen LogP contribution is -2.23. The fourth-order valence-corrected chi connectivity index (χ4v) is 2.54. The van der Waals surface area contributed by atoms with Crippen LogP contribution in [0.3, 0.4) is 0 Å². The van der Waals surface area contributed by atoms with Gasteiger partial charge in [0, 0.05) is 16.8 Å². The Morgan fingerprint density at radius 1 is 1.19 bits per heavy atom. The second-order valence-electron chi connectivity index (χ2n) is 5.43. The van der Waals surface area contributed by atoms with E-state index < -0.39 is 12.7 Å². The number of nitrogens with zero attached hydrogens (tertiary/aromatic N) is 1. The van der Waals surface area contributed by atoms with Crippen LogP contribution in [-0.2, 0) is 4.74 Å². The highest BCUT2D eigenvalue weighted by molar-refractivity contribution is 6.07. The number of carbonyl (C=O) groups is 2. The summed E-state index contributed by atoms with van der Waals surface area (Å²) >= 11 is 0. The molecule has 1 amide bonds. The Bertz CT molecular complexity index is 851. The van der Waals surface area contributed by atoms with Gasteiger partial charge in [0.1, 0.15) is 12.4 Å². The molecule has 1 saturated heterocycles. The van der Waals surface area contributed by atoms with Gasteiger partial charge in [0.2, 0.25) is 0 Å². The Kier molecular flexibility index (Phi) is 5.26. The van der Waals surface area contributed by atoms with Crippen molar-refractivity contribution in [1.82, 2.24) is 0 Å². The minimum absolute atomic E-state index is 0.0138. The number of allylic oxidation sites excluding steroid dienone is 1. The van der Waals surface area contributed by atoms with Gasteiger partial charge in [-0.25, -0.2) is 4.79 Å². The van der Waals surface area contributed by atoms with Crippen LogP contribution in [0, 0.1) is 0 Å². The maximum absolute atomic E-state index is 12.4. The average molecular weight is 359 g/mol. The zero-order valence-electron chi connectivity index (χ0n) is 13.6. The van der Waals surface area contributed by atoms with Gasteiger partial charge in [-0.1, -0.05) is 30.3 Å². The summed E-state index contributed by atoms with van der Waals surface area (Å²) in [6, 6.07) is 12.8. The first-order valence-corrected chi connectivity index (χ1v) is 7.85. The van der Waals surface area contributed by atoms with Crippen LogP contribution in [0.4, 0.5) is 19.3 Å². The van der Waals surface area contributed by atoms with E-state index in [1.807, 2.05) is 0 Å². The van der Waals surface area contributed by atoms with Crippen LogP contribution >= 0.6 is 0 Å². The number of ether oxygens (including phenoxy) is 2. The first-order chi connectivity index (χ1) is 12.5. The van der Waals surface area contributed by atoms with Gasteiger partial charge in [-0.2, -0.15) is 8.78 Å². The number of hydrogen-bond donors (Lipinski definition) is 0. The predicted octanol–water partition coefficient (Wildman–Crippen LogP) is 4.14. The Hall–Kier alpha value is -3.22. The van der Waals surface area contributed by atoms with Gasteiger partial charge in [0.25, 0.3) is 0 Å². The number of para-hydroxylation sites is 1. The summed E-state index contributed by atoms with van der Waals surface area (Å²) in [5.74, 6) is -0.341. The number of benzene rings is 2. The standard InChI is InChI=1S/C19H15F2NO4/c20-18(21)26-17-7-2-1-4-13(17)8-9-16(23)14-5-3-6-15(12-14)22-10-11-25-19(22)24/h1-9,12,18H,10-11H2/b9-8-. The Morgan fingerprint density at radius 3 is 2.73 bits per heavy atom. The number of alkyl halides is 2. The zero-order chi connectivity index (χ0) is 18.5. The molecule has 0 unspecified atom stereocenters. The minimum Gasteiger partial charge on any atom is -0.447 e. The number of anilines is 1. The molecule has 7 heteroatoms. The highest BCUT2D eigenvalue weighted by Crippen LogP contribution is 2.23. The third-order valence-electron chi connectivity index (χ3n) is 3.75. The normalized spacial score (nSPS) is 14.1. The van der Waals surface area contributed by atoms with E-state index in [4.69, 9.17) is 4.74 Å². The first kappa shape index (κ1) is 17.6. The molecule has 26 heavy (non-hydrogen) atoms. The number of rotatable bonds is 6. The van der Waals surface area contributed by atoms with Crippen LogP contribution in [0.25, 0.3) is 6.08 Å². The zero-order valence-corrected chi connectivity index (χ0v) is 13.6. The van der Waals surface area contributed by atoms with Gasteiger partial charge >= 0.3 is 12.7 Å². The van der Waals surface area contributed by atoms with Crippen molar-refractivity contribution in [2.45, 2.75) is 6.61 Å². The highest BCUT2D eigenvalue weighted by Gasteiger charge is 2.23. The lowest BCUT2D eigenvalue weighted by Gasteiger charge is -2.13. The minimum atomic E-state index is -2.95. The molecule has 3 rings (SSSR count). The molecule has 1 aliphatic rings. The van der Waals surface area contributed by atoms with E-state index >= 15 is 0 Å². The van der Waals surface area contributed by atoms with Crippen LogP contribution in [0.15, 0.2) is 54.6 Å². The Morgan fingerprint density at radius 2 is 2.00 bits per heavy atom. The number of ketones is 1. The van der Waals surface area contributed by atoms with E-state index in [-0.39, 0.29) is 11.5 Å². The number of carbonyl (C=O) groups excluding carboxylic acids is 2. The summed E-state index contributed by atoms with van der Waals surface area (Å²) in [7, 11) is 0. The molecule has 5 nitrogen and oxygen atoms in total. The average Bonchev–Trinajstić information content (AvgIpc) is 3.06. The van der Waals surface area contributed by atoms with Crippen molar-refractivity contribution in [2.75, 3.05) is 18.1 Å². The van der Waals surface area contributed by atoms with E-state index in [2.05, 4.69) is 4.74 Å². The molecule has 1 fully saturated rings. The van der Waals surface area contributed by atoms with Crippen molar-refractivity contribution in [3.63, 3.8) is 0 Å². The van der Waals surface area contributed by atoms with E-state index in [1.165, 1.54) is 23.1 Å². The van der Waals surface area contributed by atoms with E-state index in [0.29, 0.717) is 30.0 Å². The van der Waals surface area contributed by atoms with Crippen molar-refractivity contribution < 1.29 is 27.8 Å². The molecule has 0 aromatic heterocycles. The molecule has 2 aromatic carbocycles. The molecule has 0 spiro atoms. The second-order valence-corrected chi connectivity index (χ2v) is 5.43. The van der Waals surface area contributed by atoms with Crippen LogP contribution < -0.4 is 9.64 Å². The molecule has 0 N–H and O–H groups in total. The molecule has 0 radical (unpaired) electrons. The number of hydrogen-bond acceptors (Lipinski definition) is 4. The van der Waals surface area contributed by atoms with E-state index in [0.717, 1.165) is 0 Å². The summed E-state index contributed by atoms with van der Waals surface area (Å²) in [6.45, 7) is -2.22. The number of amides is 1. The maximum atomic E-state index is 12.4. The SMILES string of the molecule is O=C(/C=C\c1ccccc1OC(F)F)c1cccc(N2CCOC2=O)c1. The van der Waals surface area contributed by atoms with Gasteiger partial charge in [0.15, 0.2) is 5.78 Å².